The van der Waals surface area contributed by atoms with E-state index in [1.54, 1.807) is 13.0 Å². The van der Waals surface area contributed by atoms with E-state index in [4.69, 9.17) is 5.73 Å². The molecule has 2 heterocycles. The molecule has 6 heteroatoms. The number of nitrogens with two attached hydrogens (primary N) is 1. The summed E-state index contributed by atoms with van der Waals surface area (Å²) in [7, 11) is 0. The van der Waals surface area contributed by atoms with Gasteiger partial charge in [-0.3, -0.25) is 9.59 Å². The van der Waals surface area contributed by atoms with Crippen LogP contribution in [0.2, 0.25) is 0 Å². The number of carbonyl (C=O) groups excluding carboxylic acids is 2. The predicted molar refractivity (Wildman–Crippen MR) is 62.3 cm³/mol. The van der Waals surface area contributed by atoms with E-state index in [1.807, 2.05) is 0 Å². The highest BCUT2D eigenvalue weighted by molar-refractivity contribution is 5.97. The number of rotatable bonds is 1. The Morgan fingerprint density at radius 3 is 2.94 bits per heavy atom. The second-order valence-corrected chi connectivity index (χ2v) is 4.00. The first-order valence-electron chi connectivity index (χ1n) is 5.36. The first-order chi connectivity index (χ1) is 8.06. The summed E-state index contributed by atoms with van der Waals surface area (Å²) >= 11 is 0. The monoisotopic (exact) mass is 234 g/mol. The van der Waals surface area contributed by atoms with Crippen LogP contribution in [0, 0.1) is 6.92 Å². The van der Waals surface area contributed by atoms with Crippen LogP contribution in [0.3, 0.4) is 0 Å². The summed E-state index contributed by atoms with van der Waals surface area (Å²) < 4.78 is 0. The molecule has 0 saturated carbocycles. The van der Waals surface area contributed by atoms with Gasteiger partial charge in [-0.05, 0) is 19.1 Å². The molecule has 0 aromatic carbocycles. The number of nitrogens with zero attached hydrogens (tertiary/aromatic N) is 2. The third-order valence-corrected chi connectivity index (χ3v) is 2.55. The van der Waals surface area contributed by atoms with E-state index < -0.39 is 0 Å². The van der Waals surface area contributed by atoms with E-state index in [-0.39, 0.29) is 18.4 Å². The average Bonchev–Trinajstić information content (AvgIpc) is 2.26. The topological polar surface area (TPSA) is 88.3 Å². The van der Waals surface area contributed by atoms with Crippen LogP contribution >= 0.6 is 0 Å². The molecule has 1 aromatic heterocycles. The zero-order valence-corrected chi connectivity index (χ0v) is 9.56. The van der Waals surface area contributed by atoms with Crippen molar-refractivity contribution in [2.24, 2.45) is 0 Å². The van der Waals surface area contributed by atoms with Crippen molar-refractivity contribution in [1.29, 1.82) is 0 Å². The molecule has 2 amide bonds. The lowest BCUT2D eigenvalue weighted by Crippen LogP contribution is -2.50. The van der Waals surface area contributed by atoms with Gasteiger partial charge >= 0.3 is 0 Å². The van der Waals surface area contributed by atoms with Gasteiger partial charge in [0, 0.05) is 24.3 Å². The molecule has 1 aliphatic heterocycles. The fraction of sp³-hybridized carbons (Fsp3) is 0.364. The van der Waals surface area contributed by atoms with Crippen molar-refractivity contribution in [1.82, 2.24) is 15.2 Å². The zero-order chi connectivity index (χ0) is 12.4. The van der Waals surface area contributed by atoms with Crippen LogP contribution in [0.1, 0.15) is 16.1 Å². The molecule has 0 aliphatic carbocycles. The van der Waals surface area contributed by atoms with Crippen LogP contribution in [0.25, 0.3) is 0 Å². The van der Waals surface area contributed by atoms with Crippen LogP contribution in [-0.2, 0) is 4.79 Å². The molecule has 17 heavy (non-hydrogen) atoms. The summed E-state index contributed by atoms with van der Waals surface area (Å²) in [5, 5.41) is 2.67. The van der Waals surface area contributed by atoms with E-state index in [1.165, 1.54) is 11.0 Å². The molecule has 2 rings (SSSR count). The minimum absolute atomic E-state index is 0.0973. The van der Waals surface area contributed by atoms with Crippen LogP contribution in [-0.4, -0.2) is 41.3 Å². The number of anilines is 1. The summed E-state index contributed by atoms with van der Waals surface area (Å²) in [6.07, 6.45) is 0. The molecule has 90 valence electrons. The van der Waals surface area contributed by atoms with Gasteiger partial charge in [0.2, 0.25) is 5.91 Å². The Kier molecular flexibility index (Phi) is 2.95. The molecule has 1 saturated heterocycles. The van der Waals surface area contributed by atoms with Gasteiger partial charge in [0.1, 0.15) is 5.82 Å². The Morgan fingerprint density at radius 2 is 2.29 bits per heavy atom. The smallest absolute Gasteiger partial charge is 0.254 e. The third-order valence-electron chi connectivity index (χ3n) is 2.55. The molecule has 0 bridgehead atoms. The number of aromatic nitrogens is 1. The zero-order valence-electron chi connectivity index (χ0n) is 9.56. The molecule has 0 unspecified atom stereocenters. The second kappa shape index (κ2) is 4.40. The molecular formula is C11H14N4O2. The fourth-order valence-electron chi connectivity index (χ4n) is 1.81. The van der Waals surface area contributed by atoms with Crippen LogP contribution < -0.4 is 11.1 Å². The Balaban J connectivity index is 2.21. The van der Waals surface area contributed by atoms with Gasteiger partial charge in [0.15, 0.2) is 0 Å². The maximum Gasteiger partial charge on any atom is 0.254 e. The van der Waals surface area contributed by atoms with Crippen LogP contribution in [0.5, 0.6) is 0 Å². The minimum Gasteiger partial charge on any atom is -0.384 e. The number of nitrogen functional groups attached to an aromatic ring is 1. The van der Waals surface area contributed by atoms with Crippen molar-refractivity contribution in [2.75, 3.05) is 25.4 Å². The van der Waals surface area contributed by atoms with Gasteiger partial charge < -0.3 is 16.0 Å². The lowest BCUT2D eigenvalue weighted by Gasteiger charge is -2.26. The van der Waals surface area contributed by atoms with E-state index >= 15 is 0 Å². The Morgan fingerprint density at radius 1 is 1.53 bits per heavy atom. The quantitative estimate of drug-likeness (QED) is 0.688. The van der Waals surface area contributed by atoms with Gasteiger partial charge in [0.25, 0.3) is 5.91 Å². The second-order valence-electron chi connectivity index (χ2n) is 4.00. The van der Waals surface area contributed by atoms with Gasteiger partial charge in [-0.1, -0.05) is 0 Å². The van der Waals surface area contributed by atoms with Crippen molar-refractivity contribution in [3.63, 3.8) is 0 Å². The molecule has 1 aromatic rings. The Labute approximate surface area is 98.8 Å². The number of amides is 2. The van der Waals surface area contributed by atoms with Gasteiger partial charge in [-0.2, -0.15) is 0 Å². The molecule has 0 radical (unpaired) electrons. The highest BCUT2D eigenvalue weighted by Gasteiger charge is 2.22. The molecule has 6 nitrogen and oxygen atoms in total. The summed E-state index contributed by atoms with van der Waals surface area (Å²) in [5.41, 5.74) is 6.76. The molecule has 1 fully saturated rings. The fourth-order valence-corrected chi connectivity index (χ4v) is 1.81. The van der Waals surface area contributed by atoms with Crippen molar-refractivity contribution >= 4 is 17.6 Å². The summed E-state index contributed by atoms with van der Waals surface area (Å²) in [4.78, 5) is 28.8. The number of hydrogen-bond donors (Lipinski definition) is 2. The lowest BCUT2D eigenvalue weighted by atomic mass is 10.2. The number of aryl methyl sites for hydroxylation is 1. The summed E-state index contributed by atoms with van der Waals surface area (Å²) in [6.45, 7) is 2.88. The van der Waals surface area contributed by atoms with E-state index in [2.05, 4.69) is 10.3 Å². The van der Waals surface area contributed by atoms with Crippen LogP contribution in [0.4, 0.5) is 5.82 Å². The van der Waals surface area contributed by atoms with Gasteiger partial charge in [-0.15, -0.1) is 0 Å². The first kappa shape index (κ1) is 11.4. The van der Waals surface area contributed by atoms with Gasteiger partial charge in [-0.25, -0.2) is 4.98 Å². The Bertz CT molecular complexity index is 452. The molecule has 0 atom stereocenters. The number of nitrogens with one attached hydrogen (secondary N) is 1. The average molecular weight is 234 g/mol. The molecular weight excluding hydrogens is 220 g/mol. The van der Waals surface area contributed by atoms with Gasteiger partial charge in [0.05, 0.1) is 6.54 Å². The largest absolute Gasteiger partial charge is 0.384 e. The van der Waals surface area contributed by atoms with E-state index in [0.717, 1.165) is 0 Å². The van der Waals surface area contributed by atoms with Crippen molar-refractivity contribution in [2.45, 2.75) is 6.92 Å². The predicted octanol–water partition coefficient (Wildman–Crippen LogP) is -0.456. The number of hydrogen-bond acceptors (Lipinski definition) is 4. The normalized spacial score (nSPS) is 15.6. The minimum atomic E-state index is -0.183. The number of pyridine rings is 1. The maximum absolute atomic E-state index is 12.1. The summed E-state index contributed by atoms with van der Waals surface area (Å²) in [6, 6.07) is 3.20. The van der Waals surface area contributed by atoms with Crippen LogP contribution in [0.15, 0.2) is 12.1 Å². The number of piperazine rings is 1. The first-order valence-corrected chi connectivity index (χ1v) is 5.36. The van der Waals surface area contributed by atoms with Crippen molar-refractivity contribution < 1.29 is 9.59 Å². The van der Waals surface area contributed by atoms with Crippen molar-refractivity contribution in [3.8, 4) is 0 Å². The SMILES string of the molecule is Cc1cc(C(=O)N2CCNC(=O)C2)cc(N)n1. The maximum atomic E-state index is 12.1. The third kappa shape index (κ3) is 2.52. The standard InChI is InChI=1S/C11H14N4O2/c1-7-4-8(5-9(12)14-7)11(17)15-3-2-13-10(16)6-15/h4-5H,2-3,6H2,1H3,(H2,12,14)(H,13,16). The summed E-state index contributed by atoms with van der Waals surface area (Å²) in [5.74, 6) is -0.00443. The van der Waals surface area contributed by atoms with E-state index in [9.17, 15) is 9.59 Å². The molecule has 0 spiro atoms. The lowest BCUT2D eigenvalue weighted by molar-refractivity contribution is -0.123. The number of carbonyl (C=O) groups is 2. The molecule has 1 aliphatic rings. The van der Waals surface area contributed by atoms with E-state index in [0.29, 0.717) is 30.2 Å². The van der Waals surface area contributed by atoms with Crippen molar-refractivity contribution in [3.05, 3.63) is 23.4 Å². The highest BCUT2D eigenvalue weighted by atomic mass is 16.2. The Hall–Kier alpha value is -2.11. The highest BCUT2D eigenvalue weighted by Crippen LogP contribution is 2.10. The molecule has 3 N–H and O–H groups in total.